The number of rotatable bonds is 4. The number of ether oxygens (including phenoxy) is 1. The van der Waals surface area contributed by atoms with E-state index >= 15 is 0 Å². The Balaban J connectivity index is 2.37. The van der Waals surface area contributed by atoms with Gasteiger partial charge in [0.25, 0.3) is 10.0 Å². The molecule has 0 aliphatic rings. The molecular formula is C15H18N2O3S. The van der Waals surface area contributed by atoms with E-state index in [1.807, 2.05) is 19.9 Å². The van der Waals surface area contributed by atoms with Crippen molar-refractivity contribution in [3.63, 3.8) is 0 Å². The lowest BCUT2D eigenvalue weighted by Gasteiger charge is -2.11. The van der Waals surface area contributed by atoms with Crippen LogP contribution in [-0.4, -0.2) is 15.5 Å². The molecule has 3 N–H and O–H groups in total. The van der Waals surface area contributed by atoms with E-state index in [-0.39, 0.29) is 4.90 Å². The zero-order chi connectivity index (χ0) is 15.6. The molecule has 6 heteroatoms. The second-order valence-corrected chi connectivity index (χ2v) is 6.57. The average molecular weight is 306 g/mol. The number of nitrogen functional groups attached to an aromatic ring is 1. The van der Waals surface area contributed by atoms with Crippen molar-refractivity contribution >= 4 is 21.4 Å². The van der Waals surface area contributed by atoms with Crippen molar-refractivity contribution in [1.29, 1.82) is 0 Å². The van der Waals surface area contributed by atoms with Crippen LogP contribution in [0.3, 0.4) is 0 Å². The van der Waals surface area contributed by atoms with Crippen molar-refractivity contribution in [2.75, 3.05) is 17.6 Å². The third kappa shape index (κ3) is 3.46. The predicted octanol–water partition coefficient (Wildman–Crippen LogP) is 2.70. The minimum absolute atomic E-state index is 0.232. The first-order valence-electron chi connectivity index (χ1n) is 6.36. The van der Waals surface area contributed by atoms with Gasteiger partial charge in [0.15, 0.2) is 0 Å². The van der Waals surface area contributed by atoms with Crippen molar-refractivity contribution < 1.29 is 13.2 Å². The van der Waals surface area contributed by atoms with Crippen LogP contribution in [0.2, 0.25) is 0 Å². The number of hydrogen-bond donors (Lipinski definition) is 2. The smallest absolute Gasteiger partial charge is 0.261 e. The van der Waals surface area contributed by atoms with E-state index < -0.39 is 10.0 Å². The Morgan fingerprint density at radius 2 is 1.67 bits per heavy atom. The van der Waals surface area contributed by atoms with E-state index in [0.717, 1.165) is 11.1 Å². The lowest BCUT2D eigenvalue weighted by Crippen LogP contribution is -2.13. The second kappa shape index (κ2) is 5.65. The number of hydrogen-bond acceptors (Lipinski definition) is 4. The first-order valence-corrected chi connectivity index (χ1v) is 7.85. The number of methoxy groups -OCH3 is 1. The fourth-order valence-electron chi connectivity index (χ4n) is 2.08. The molecule has 0 saturated carbocycles. The van der Waals surface area contributed by atoms with Gasteiger partial charge in [0.1, 0.15) is 5.75 Å². The fraction of sp³-hybridized carbons (Fsp3) is 0.200. The van der Waals surface area contributed by atoms with E-state index in [1.54, 1.807) is 30.3 Å². The number of sulfonamides is 1. The van der Waals surface area contributed by atoms with Gasteiger partial charge in [-0.05, 0) is 49.2 Å². The predicted molar refractivity (Wildman–Crippen MR) is 84.1 cm³/mol. The minimum Gasteiger partial charge on any atom is -0.495 e. The van der Waals surface area contributed by atoms with Crippen molar-refractivity contribution in [1.82, 2.24) is 0 Å². The van der Waals surface area contributed by atoms with Gasteiger partial charge in [0, 0.05) is 6.07 Å². The molecule has 21 heavy (non-hydrogen) atoms. The highest BCUT2D eigenvalue weighted by Gasteiger charge is 2.15. The summed E-state index contributed by atoms with van der Waals surface area (Å²) in [6.45, 7) is 3.72. The molecule has 0 saturated heterocycles. The van der Waals surface area contributed by atoms with Gasteiger partial charge in [-0.1, -0.05) is 6.07 Å². The van der Waals surface area contributed by atoms with Crippen LogP contribution in [0, 0.1) is 13.8 Å². The molecule has 0 heterocycles. The summed E-state index contributed by atoms with van der Waals surface area (Å²) < 4.78 is 32.4. The molecule has 0 atom stereocenters. The number of nitrogens with one attached hydrogen (secondary N) is 1. The molecule has 0 aliphatic carbocycles. The van der Waals surface area contributed by atoms with Gasteiger partial charge in [-0.3, -0.25) is 4.72 Å². The molecule has 2 aromatic rings. The summed E-state index contributed by atoms with van der Waals surface area (Å²) in [5, 5.41) is 0. The van der Waals surface area contributed by atoms with E-state index in [0.29, 0.717) is 17.1 Å². The molecule has 2 rings (SSSR count). The highest BCUT2D eigenvalue weighted by atomic mass is 32.2. The standard InChI is InChI=1S/C15H18N2O3S/c1-10-6-11(2)8-13(7-10)21(18,19)17-12-4-5-14(16)15(9-12)20-3/h4-9,17H,16H2,1-3H3. The molecule has 0 unspecified atom stereocenters. The fourth-order valence-corrected chi connectivity index (χ4v) is 3.31. The van der Waals surface area contributed by atoms with Gasteiger partial charge in [-0.25, -0.2) is 8.42 Å². The molecular weight excluding hydrogens is 288 g/mol. The normalized spacial score (nSPS) is 11.2. The Morgan fingerprint density at radius 1 is 1.05 bits per heavy atom. The summed E-state index contributed by atoms with van der Waals surface area (Å²) in [5.74, 6) is 0.427. The third-order valence-corrected chi connectivity index (χ3v) is 4.35. The average Bonchev–Trinajstić information content (AvgIpc) is 2.39. The molecule has 0 aliphatic heterocycles. The lowest BCUT2D eigenvalue weighted by molar-refractivity contribution is 0.417. The monoisotopic (exact) mass is 306 g/mol. The van der Waals surface area contributed by atoms with Crippen LogP contribution in [0.5, 0.6) is 5.75 Å². The van der Waals surface area contributed by atoms with Gasteiger partial charge in [0.2, 0.25) is 0 Å². The Kier molecular flexibility index (Phi) is 4.09. The summed E-state index contributed by atoms with van der Waals surface area (Å²) in [7, 11) is -2.16. The van der Waals surface area contributed by atoms with Gasteiger partial charge < -0.3 is 10.5 Å². The first-order chi connectivity index (χ1) is 9.81. The van der Waals surface area contributed by atoms with E-state index in [2.05, 4.69) is 4.72 Å². The summed E-state index contributed by atoms with van der Waals surface area (Å²) in [5.41, 5.74) is 8.35. The Labute approximate surface area is 124 Å². The molecule has 0 radical (unpaired) electrons. The molecule has 0 spiro atoms. The largest absolute Gasteiger partial charge is 0.495 e. The number of anilines is 2. The van der Waals surface area contributed by atoms with Crippen LogP contribution in [0.25, 0.3) is 0 Å². The van der Waals surface area contributed by atoms with Crippen molar-refractivity contribution in [3.05, 3.63) is 47.5 Å². The number of nitrogens with two attached hydrogens (primary N) is 1. The highest BCUT2D eigenvalue weighted by Crippen LogP contribution is 2.27. The van der Waals surface area contributed by atoms with Crippen LogP contribution in [-0.2, 0) is 10.0 Å². The summed E-state index contributed by atoms with van der Waals surface area (Å²) in [4.78, 5) is 0.232. The summed E-state index contributed by atoms with van der Waals surface area (Å²) in [6, 6.07) is 9.92. The maximum Gasteiger partial charge on any atom is 0.261 e. The zero-order valence-electron chi connectivity index (χ0n) is 12.2. The molecule has 0 bridgehead atoms. The maximum atomic E-state index is 12.4. The van der Waals surface area contributed by atoms with Gasteiger partial charge in [0.05, 0.1) is 23.4 Å². The minimum atomic E-state index is -3.64. The van der Waals surface area contributed by atoms with E-state index in [4.69, 9.17) is 10.5 Å². The van der Waals surface area contributed by atoms with Crippen LogP contribution in [0.4, 0.5) is 11.4 Å². The number of aryl methyl sites for hydroxylation is 2. The topological polar surface area (TPSA) is 81.4 Å². The zero-order valence-corrected chi connectivity index (χ0v) is 13.0. The van der Waals surface area contributed by atoms with Crippen LogP contribution >= 0.6 is 0 Å². The lowest BCUT2D eigenvalue weighted by atomic mass is 10.2. The van der Waals surface area contributed by atoms with Crippen molar-refractivity contribution in [2.24, 2.45) is 0 Å². The third-order valence-electron chi connectivity index (χ3n) is 2.99. The van der Waals surface area contributed by atoms with Gasteiger partial charge in [-0.2, -0.15) is 0 Å². The van der Waals surface area contributed by atoms with Crippen molar-refractivity contribution in [2.45, 2.75) is 18.7 Å². The Hall–Kier alpha value is -2.21. The quantitative estimate of drug-likeness (QED) is 0.851. The van der Waals surface area contributed by atoms with Crippen LogP contribution in [0.1, 0.15) is 11.1 Å². The molecule has 2 aromatic carbocycles. The van der Waals surface area contributed by atoms with Crippen LogP contribution < -0.4 is 15.2 Å². The molecule has 112 valence electrons. The van der Waals surface area contributed by atoms with Gasteiger partial charge >= 0.3 is 0 Å². The molecule has 0 aromatic heterocycles. The maximum absolute atomic E-state index is 12.4. The van der Waals surface area contributed by atoms with Crippen LogP contribution in [0.15, 0.2) is 41.3 Å². The Morgan fingerprint density at radius 3 is 2.24 bits per heavy atom. The second-order valence-electron chi connectivity index (χ2n) is 4.89. The molecule has 0 fully saturated rings. The first kappa shape index (κ1) is 15.2. The summed E-state index contributed by atoms with van der Waals surface area (Å²) in [6.07, 6.45) is 0. The van der Waals surface area contributed by atoms with Crippen molar-refractivity contribution in [3.8, 4) is 5.75 Å². The van der Waals surface area contributed by atoms with E-state index in [1.165, 1.54) is 7.11 Å². The molecule has 0 amide bonds. The highest BCUT2D eigenvalue weighted by molar-refractivity contribution is 7.92. The van der Waals surface area contributed by atoms with E-state index in [9.17, 15) is 8.42 Å². The van der Waals surface area contributed by atoms with Gasteiger partial charge in [-0.15, -0.1) is 0 Å². The molecule has 5 nitrogen and oxygen atoms in total. The SMILES string of the molecule is COc1cc(NS(=O)(=O)c2cc(C)cc(C)c2)ccc1N. The number of benzene rings is 2. The summed E-state index contributed by atoms with van der Waals surface area (Å²) >= 11 is 0. The Bertz CT molecular complexity index is 750.